The molecule has 4 rings (SSSR count). The average Bonchev–Trinajstić information content (AvgIpc) is 3.21. The third-order valence-electron chi connectivity index (χ3n) is 5.75. The molecule has 1 saturated heterocycles. The van der Waals surface area contributed by atoms with Crippen molar-refractivity contribution in [2.45, 2.75) is 51.7 Å². The van der Waals surface area contributed by atoms with Crippen LogP contribution in [0.4, 0.5) is 9.18 Å². The molecular weight excluding hydrogens is 409 g/mol. The number of rotatable bonds is 5. The minimum Gasteiger partial charge on any atom is -0.449 e. The van der Waals surface area contributed by atoms with Crippen LogP contribution in [0, 0.1) is 5.82 Å². The summed E-state index contributed by atoms with van der Waals surface area (Å²) in [5.41, 5.74) is 2.26. The molecule has 8 heteroatoms. The molecule has 6 nitrogen and oxygen atoms in total. The highest BCUT2D eigenvalue weighted by Crippen LogP contribution is 2.36. The van der Waals surface area contributed by atoms with Gasteiger partial charge in [-0.05, 0) is 43.7 Å². The normalized spacial score (nSPS) is 19.8. The molecule has 0 aliphatic carbocycles. The van der Waals surface area contributed by atoms with Crippen molar-refractivity contribution in [2.24, 2.45) is 0 Å². The van der Waals surface area contributed by atoms with E-state index in [-0.39, 0.29) is 17.3 Å². The monoisotopic (exact) mass is 435 g/mol. The number of unbranched alkanes of at least 4 members (excludes halogenated alkanes) is 1. The Bertz CT molecular complexity index is 953. The van der Waals surface area contributed by atoms with Crippen molar-refractivity contribution in [3.63, 3.8) is 0 Å². The zero-order valence-electron chi connectivity index (χ0n) is 17.2. The summed E-state index contributed by atoms with van der Waals surface area (Å²) >= 11 is 6.39. The predicted molar refractivity (Wildman–Crippen MR) is 114 cm³/mol. The summed E-state index contributed by atoms with van der Waals surface area (Å²) in [4.78, 5) is 13.8. The van der Waals surface area contributed by atoms with Crippen molar-refractivity contribution in [1.29, 1.82) is 0 Å². The standard InChI is InChI=1S/C22H27ClFN3O3/c1-2-3-11-30-22(28)26-9-7-15(8-10-26)16-13-18-17(21(24)20(16)23)14-25-27(18)19-6-4-5-12-29-19/h7,13-14,19H,2-6,8-12H2,1H3. The summed E-state index contributed by atoms with van der Waals surface area (Å²) in [6, 6.07) is 1.90. The van der Waals surface area contributed by atoms with Crippen molar-refractivity contribution in [1.82, 2.24) is 14.7 Å². The molecule has 1 aromatic heterocycles. The molecule has 1 atom stereocenters. The molecule has 0 radical (unpaired) electrons. The van der Waals surface area contributed by atoms with Gasteiger partial charge in [0.25, 0.3) is 0 Å². The second kappa shape index (κ2) is 9.35. The molecule has 1 unspecified atom stereocenters. The molecule has 0 spiro atoms. The summed E-state index contributed by atoms with van der Waals surface area (Å²) in [5.74, 6) is -0.464. The molecule has 2 aliphatic rings. The molecule has 0 saturated carbocycles. The third-order valence-corrected chi connectivity index (χ3v) is 6.12. The molecule has 0 N–H and O–H groups in total. The number of aromatic nitrogens is 2. The number of amides is 1. The summed E-state index contributed by atoms with van der Waals surface area (Å²) in [6.45, 7) is 4.10. The van der Waals surface area contributed by atoms with E-state index < -0.39 is 5.82 Å². The van der Waals surface area contributed by atoms with E-state index in [0.717, 1.165) is 37.7 Å². The fourth-order valence-corrected chi connectivity index (χ4v) is 4.25. The van der Waals surface area contributed by atoms with Crippen LogP contribution in [-0.4, -0.2) is 47.1 Å². The maximum absolute atomic E-state index is 15.0. The van der Waals surface area contributed by atoms with Gasteiger partial charge in [-0.25, -0.2) is 13.9 Å². The molecule has 3 heterocycles. The molecule has 0 bridgehead atoms. The van der Waals surface area contributed by atoms with Crippen molar-refractivity contribution < 1.29 is 18.7 Å². The van der Waals surface area contributed by atoms with E-state index >= 15 is 4.39 Å². The highest BCUT2D eigenvalue weighted by molar-refractivity contribution is 6.33. The van der Waals surface area contributed by atoms with Crippen molar-refractivity contribution >= 4 is 34.2 Å². The second-order valence-corrected chi connectivity index (χ2v) is 8.17. The van der Waals surface area contributed by atoms with Gasteiger partial charge in [-0.15, -0.1) is 0 Å². The Morgan fingerprint density at radius 3 is 3.00 bits per heavy atom. The predicted octanol–water partition coefficient (Wildman–Crippen LogP) is 5.55. The summed E-state index contributed by atoms with van der Waals surface area (Å²) in [5, 5.41) is 4.87. The number of halogens is 2. The van der Waals surface area contributed by atoms with E-state index in [4.69, 9.17) is 21.1 Å². The van der Waals surface area contributed by atoms with Crippen molar-refractivity contribution in [2.75, 3.05) is 26.3 Å². The number of carbonyl (C=O) groups is 1. The fourth-order valence-electron chi connectivity index (χ4n) is 3.98. The first-order valence-electron chi connectivity index (χ1n) is 10.7. The van der Waals surface area contributed by atoms with Gasteiger partial charge in [-0.3, -0.25) is 0 Å². The molecule has 2 aromatic rings. The SMILES string of the molecule is CCCCOC(=O)N1CC=C(c2cc3c(cnn3C3CCCCO3)c(F)c2Cl)CC1. The maximum atomic E-state index is 15.0. The van der Waals surface area contributed by atoms with E-state index in [1.54, 1.807) is 9.58 Å². The first kappa shape index (κ1) is 21.1. The topological polar surface area (TPSA) is 56.6 Å². The van der Waals surface area contributed by atoms with Crippen LogP contribution in [0.3, 0.4) is 0 Å². The lowest BCUT2D eigenvalue weighted by Gasteiger charge is -2.27. The molecular formula is C22H27ClFN3O3. The zero-order valence-corrected chi connectivity index (χ0v) is 18.0. The molecule has 30 heavy (non-hydrogen) atoms. The Balaban J connectivity index is 1.58. The van der Waals surface area contributed by atoms with Crippen LogP contribution in [0.25, 0.3) is 16.5 Å². The van der Waals surface area contributed by atoms with Crippen molar-refractivity contribution in [3.8, 4) is 0 Å². The van der Waals surface area contributed by atoms with E-state index in [1.807, 2.05) is 12.1 Å². The van der Waals surface area contributed by atoms with Gasteiger partial charge in [0, 0.05) is 25.3 Å². The van der Waals surface area contributed by atoms with Gasteiger partial charge in [0.05, 0.1) is 28.7 Å². The molecule has 2 aliphatic heterocycles. The van der Waals surface area contributed by atoms with Crippen LogP contribution in [-0.2, 0) is 9.47 Å². The maximum Gasteiger partial charge on any atom is 0.410 e. The Morgan fingerprint density at radius 2 is 2.30 bits per heavy atom. The number of hydrogen-bond donors (Lipinski definition) is 0. The van der Waals surface area contributed by atoms with Crippen LogP contribution in [0.2, 0.25) is 5.02 Å². The highest BCUT2D eigenvalue weighted by atomic mass is 35.5. The number of fused-ring (bicyclic) bond motifs is 1. The minimum atomic E-state index is -0.464. The van der Waals surface area contributed by atoms with Crippen LogP contribution >= 0.6 is 11.6 Å². The number of nitrogens with zero attached hydrogens (tertiary/aromatic N) is 3. The van der Waals surface area contributed by atoms with E-state index in [1.165, 1.54) is 6.20 Å². The van der Waals surface area contributed by atoms with E-state index in [9.17, 15) is 4.79 Å². The lowest BCUT2D eigenvalue weighted by Crippen LogP contribution is -2.35. The lowest BCUT2D eigenvalue weighted by atomic mass is 9.98. The van der Waals surface area contributed by atoms with Gasteiger partial charge in [-0.1, -0.05) is 31.0 Å². The smallest absolute Gasteiger partial charge is 0.410 e. The minimum absolute atomic E-state index is 0.0943. The zero-order chi connectivity index (χ0) is 21.1. The fraction of sp³-hybridized carbons (Fsp3) is 0.545. The number of carbonyl (C=O) groups excluding carboxylic acids is 1. The van der Waals surface area contributed by atoms with Gasteiger partial charge in [-0.2, -0.15) is 5.10 Å². The van der Waals surface area contributed by atoms with Gasteiger partial charge in [0.15, 0.2) is 12.0 Å². The number of benzene rings is 1. The third kappa shape index (κ3) is 4.18. The Kier molecular flexibility index (Phi) is 6.58. The van der Waals surface area contributed by atoms with Gasteiger partial charge in [0.1, 0.15) is 0 Å². The van der Waals surface area contributed by atoms with Crippen LogP contribution in [0.5, 0.6) is 0 Å². The Labute approximate surface area is 180 Å². The molecule has 162 valence electrons. The van der Waals surface area contributed by atoms with Gasteiger partial charge in [0.2, 0.25) is 0 Å². The Hall–Kier alpha value is -2.12. The first-order chi connectivity index (χ1) is 14.6. The van der Waals surface area contributed by atoms with Crippen LogP contribution in [0.1, 0.15) is 57.2 Å². The molecule has 1 aromatic carbocycles. The first-order valence-corrected chi connectivity index (χ1v) is 11.1. The number of ether oxygens (including phenoxy) is 2. The average molecular weight is 436 g/mol. The lowest BCUT2D eigenvalue weighted by molar-refractivity contribution is -0.0366. The van der Waals surface area contributed by atoms with E-state index in [2.05, 4.69) is 12.0 Å². The molecule has 1 amide bonds. The van der Waals surface area contributed by atoms with Crippen molar-refractivity contribution in [3.05, 3.63) is 34.7 Å². The summed E-state index contributed by atoms with van der Waals surface area (Å²) in [7, 11) is 0. The number of hydrogen-bond acceptors (Lipinski definition) is 4. The summed E-state index contributed by atoms with van der Waals surface area (Å²) < 4.78 is 27.9. The van der Waals surface area contributed by atoms with Crippen LogP contribution < -0.4 is 0 Å². The Morgan fingerprint density at radius 1 is 1.43 bits per heavy atom. The van der Waals surface area contributed by atoms with Gasteiger partial charge < -0.3 is 14.4 Å². The second-order valence-electron chi connectivity index (χ2n) is 7.79. The van der Waals surface area contributed by atoms with Crippen LogP contribution in [0.15, 0.2) is 18.3 Å². The highest BCUT2D eigenvalue weighted by Gasteiger charge is 2.25. The summed E-state index contributed by atoms with van der Waals surface area (Å²) in [6.07, 6.45) is 8.32. The quantitative estimate of drug-likeness (QED) is 0.577. The molecule has 1 fully saturated rings. The van der Waals surface area contributed by atoms with E-state index in [0.29, 0.717) is 49.2 Å². The largest absolute Gasteiger partial charge is 0.449 e. The van der Waals surface area contributed by atoms with Gasteiger partial charge >= 0.3 is 6.09 Å².